The number of carboxylic acids is 2. The van der Waals surface area contributed by atoms with E-state index in [0.717, 1.165) is 0 Å². The Balaban J connectivity index is -0.0000000367. The fourth-order valence-electron chi connectivity index (χ4n) is 0. The molecule has 0 aromatic heterocycles. The Kier molecular flexibility index (Phi) is 37.3. The van der Waals surface area contributed by atoms with Crippen LogP contribution in [0.15, 0.2) is 0 Å². The van der Waals surface area contributed by atoms with Crippen LogP contribution in [0.5, 0.6) is 0 Å². The summed E-state index contributed by atoms with van der Waals surface area (Å²) in [5, 5.41) is 47.4. The molecule has 14 heteroatoms. The molecule has 0 aromatic carbocycles. The zero-order valence-electron chi connectivity index (χ0n) is 7.39. The number of aliphatic carboxylic acids is 2. The van der Waals surface area contributed by atoms with Crippen molar-refractivity contribution < 1.29 is 30.0 Å². The minimum atomic E-state index is -2.19. The summed E-state index contributed by atoms with van der Waals surface area (Å²) >= 11 is 0. The second kappa shape index (κ2) is 20.1. The van der Waals surface area contributed by atoms with E-state index >= 15 is 0 Å². The van der Waals surface area contributed by atoms with Gasteiger partial charge in [-0.15, -0.1) is 0 Å². The molecule has 0 bridgehead atoms. The smallest absolute Gasteiger partial charge is 0.543 e. The summed E-state index contributed by atoms with van der Waals surface area (Å²) in [7, 11) is 0. The molecule has 0 N–H and O–H groups in total. The van der Waals surface area contributed by atoms with Crippen molar-refractivity contribution in [3.05, 3.63) is 30.6 Å². The largest absolute Gasteiger partial charge is 2.00 e. The first-order valence-corrected chi connectivity index (χ1v) is 2.16. The maximum Gasteiger partial charge on any atom is 2.00 e. The van der Waals surface area contributed by atoms with E-state index in [9.17, 15) is 0 Å². The normalized spacial score (nSPS) is 5.75. The quantitative estimate of drug-likeness (QED) is 0.171. The first kappa shape index (κ1) is 29.6. The zero-order chi connectivity index (χ0) is 12.3. The molecule has 0 saturated carbocycles. The van der Waals surface area contributed by atoms with E-state index in [1.54, 1.807) is 0 Å². The van der Waals surface area contributed by atoms with Crippen LogP contribution in [0.1, 0.15) is 0 Å². The number of carbonyl (C=O) groups excluding carboxylic acids is 2. The predicted octanol–water partition coefficient (Wildman–Crippen LogP) is -4.75. The van der Waals surface area contributed by atoms with Gasteiger partial charge < -0.3 is 50.4 Å². The van der Waals surface area contributed by atoms with Crippen LogP contribution in [-0.2, 0) is 9.59 Å². The van der Waals surface area contributed by atoms with Crippen LogP contribution in [0.25, 0.3) is 0 Å². The maximum absolute atomic E-state index is 8.93. The van der Waals surface area contributed by atoms with Gasteiger partial charge in [0.15, 0.2) is 0 Å². The number of hydrogen-bond donors (Lipinski definition) is 0. The van der Waals surface area contributed by atoms with E-state index < -0.39 is 22.1 Å². The van der Waals surface area contributed by atoms with E-state index in [1.807, 2.05) is 0 Å². The summed E-state index contributed by atoms with van der Waals surface area (Å²) in [4.78, 5) is 34.4. The first-order valence-electron chi connectivity index (χ1n) is 2.16. The Morgan fingerprint density at radius 2 is 0.812 bits per heavy atom. The van der Waals surface area contributed by atoms with Gasteiger partial charge in [0.05, 0.1) is 22.1 Å². The number of hydrogen-bond acceptors (Lipinski definition) is 10. The first-order chi connectivity index (χ1) is 6.11. The van der Waals surface area contributed by atoms with Crippen molar-refractivity contribution in [2.24, 2.45) is 0 Å². The van der Waals surface area contributed by atoms with E-state index in [2.05, 4.69) is 0 Å². The van der Waals surface area contributed by atoms with Gasteiger partial charge in [-0.05, 0) is 0 Å². The molecule has 0 amide bonds. The second-order valence-corrected chi connectivity index (χ2v) is 1.02. The van der Waals surface area contributed by atoms with Crippen LogP contribution in [0.3, 0.4) is 0 Å². The summed E-state index contributed by atoms with van der Waals surface area (Å²) in [6.45, 7) is 0. The molecule has 12 nitrogen and oxygen atoms in total. The molecular weight excluding hydrogens is 374 g/mol. The molecule has 0 unspecified atom stereocenters. The van der Waals surface area contributed by atoms with Crippen LogP contribution >= 0.6 is 0 Å². The molecule has 0 spiro atoms. The average Bonchev–Trinajstić information content (AvgIpc) is 1.83. The minimum Gasteiger partial charge on any atom is -0.543 e. The van der Waals surface area contributed by atoms with Crippen LogP contribution in [0.2, 0.25) is 0 Å². The van der Waals surface area contributed by atoms with Gasteiger partial charge in [0, 0.05) is 0 Å². The molecular formula is C2BaMgN2O10. The molecule has 82 valence electrons. The van der Waals surface area contributed by atoms with Crippen LogP contribution in [-0.4, -0.2) is 94.0 Å². The number of rotatable bonds is 0. The second-order valence-electron chi connectivity index (χ2n) is 1.02. The van der Waals surface area contributed by atoms with Gasteiger partial charge in [0.25, 0.3) is 0 Å². The Morgan fingerprint density at radius 3 is 0.812 bits per heavy atom. The van der Waals surface area contributed by atoms with Crippen LogP contribution in [0, 0.1) is 30.6 Å². The number of carboxylic acid groups (broad SMARTS) is 2. The Bertz CT molecular complexity index is 199. The van der Waals surface area contributed by atoms with Crippen molar-refractivity contribution in [1.29, 1.82) is 0 Å². The third-order valence-corrected chi connectivity index (χ3v) is 0.167. The number of nitrogens with zero attached hydrogens (tertiary/aromatic N) is 2. The van der Waals surface area contributed by atoms with Crippen LogP contribution in [0.4, 0.5) is 0 Å². The molecule has 0 radical (unpaired) electrons. The van der Waals surface area contributed by atoms with Gasteiger partial charge in [0.2, 0.25) is 0 Å². The van der Waals surface area contributed by atoms with Gasteiger partial charge in [0.1, 0.15) is 0 Å². The van der Waals surface area contributed by atoms with Gasteiger partial charge >= 0.3 is 71.9 Å². The van der Waals surface area contributed by atoms with Gasteiger partial charge in [-0.1, -0.05) is 0 Å². The SMILES string of the molecule is O=C([O-])C(=O)[O-].O=[N+]([O-])[O-].O=[N+]([O-])[O-].[Ba+2].[Mg+2]. The summed E-state index contributed by atoms with van der Waals surface area (Å²) in [6, 6.07) is 0. The molecule has 0 aliphatic rings. The Labute approximate surface area is 143 Å². The summed E-state index contributed by atoms with van der Waals surface area (Å²) in [5.74, 6) is -4.37. The third-order valence-electron chi connectivity index (χ3n) is 0.167. The maximum atomic E-state index is 8.93. The molecule has 0 saturated heterocycles. The molecule has 0 fully saturated rings. The topological polar surface area (TPSA) is 213 Å². The standard InChI is InChI=1S/C2H2O4.Ba.Mg.2NO3/c3-1(4)2(5)6;;;2*2-1(3)4/h(H,3,4)(H,5,6);;;;/q;2*+2;2*-1/p-2. The van der Waals surface area contributed by atoms with Gasteiger partial charge in [-0.3, -0.25) is 0 Å². The summed E-state index contributed by atoms with van der Waals surface area (Å²) in [5.41, 5.74) is 0. The molecule has 0 aliphatic heterocycles. The fraction of sp³-hybridized carbons (Fsp3) is 0. The van der Waals surface area contributed by atoms with Gasteiger partial charge in [-0.25, -0.2) is 0 Å². The molecule has 0 atom stereocenters. The van der Waals surface area contributed by atoms with Crippen molar-refractivity contribution in [1.82, 2.24) is 0 Å². The van der Waals surface area contributed by atoms with Crippen molar-refractivity contribution >= 4 is 83.9 Å². The molecule has 0 aliphatic carbocycles. The fourth-order valence-corrected chi connectivity index (χ4v) is 0. The molecule has 0 rings (SSSR count). The monoisotopic (exact) mass is 374 g/mol. The van der Waals surface area contributed by atoms with Crippen LogP contribution < -0.4 is 10.2 Å². The van der Waals surface area contributed by atoms with Crippen molar-refractivity contribution in [2.45, 2.75) is 0 Å². The number of carbonyl (C=O) groups is 2. The van der Waals surface area contributed by atoms with Gasteiger partial charge in [-0.2, -0.15) is 0 Å². The average molecular weight is 374 g/mol. The van der Waals surface area contributed by atoms with Crippen molar-refractivity contribution in [3.8, 4) is 0 Å². The third kappa shape index (κ3) is 163. The Morgan fingerprint density at radius 1 is 0.750 bits per heavy atom. The Hall–Kier alpha value is -0.322. The predicted molar refractivity (Wildman–Crippen MR) is 42.2 cm³/mol. The molecule has 0 heterocycles. The van der Waals surface area contributed by atoms with E-state index in [-0.39, 0.29) is 71.9 Å². The summed E-state index contributed by atoms with van der Waals surface area (Å²) < 4.78 is 0. The van der Waals surface area contributed by atoms with Crippen molar-refractivity contribution in [3.63, 3.8) is 0 Å². The van der Waals surface area contributed by atoms with Crippen molar-refractivity contribution in [2.75, 3.05) is 0 Å². The van der Waals surface area contributed by atoms with E-state index in [4.69, 9.17) is 50.4 Å². The molecule has 0 aromatic rings. The van der Waals surface area contributed by atoms with E-state index in [0.29, 0.717) is 0 Å². The minimum absolute atomic E-state index is 0. The zero-order valence-corrected chi connectivity index (χ0v) is 13.2. The van der Waals surface area contributed by atoms with E-state index in [1.165, 1.54) is 0 Å². The molecule has 16 heavy (non-hydrogen) atoms. The summed E-state index contributed by atoms with van der Waals surface area (Å²) in [6.07, 6.45) is 0.